The van der Waals surface area contributed by atoms with Crippen LogP contribution in [-0.4, -0.2) is 18.8 Å². The lowest BCUT2D eigenvalue weighted by Crippen LogP contribution is -2.31. The lowest BCUT2D eigenvalue weighted by molar-refractivity contribution is 0.0898. The van der Waals surface area contributed by atoms with Gasteiger partial charge in [-0.3, -0.25) is 0 Å². The van der Waals surface area contributed by atoms with Gasteiger partial charge in [0.25, 0.3) is 0 Å². The third kappa shape index (κ3) is 2.43. The number of hydrogen-bond donors (Lipinski definition) is 2. The summed E-state index contributed by atoms with van der Waals surface area (Å²) in [6.45, 7) is 0.880. The van der Waals surface area contributed by atoms with Gasteiger partial charge >= 0.3 is 0 Å². The van der Waals surface area contributed by atoms with Crippen molar-refractivity contribution in [3.8, 4) is 0 Å². The Morgan fingerprint density at radius 3 is 2.82 bits per heavy atom. The van der Waals surface area contributed by atoms with Gasteiger partial charge in [-0.1, -0.05) is 0 Å². The first-order valence-corrected chi connectivity index (χ1v) is 6.96. The molecule has 1 heterocycles. The zero-order valence-electron chi connectivity index (χ0n) is 9.66. The molecule has 0 bridgehead atoms. The van der Waals surface area contributed by atoms with Crippen LogP contribution in [0.4, 0.5) is 11.4 Å². The fraction of sp³-hybridized carbons (Fsp3) is 0.538. The molecule has 3 N–H and O–H groups in total. The van der Waals surface area contributed by atoms with Crippen molar-refractivity contribution in [3.05, 3.63) is 22.7 Å². The van der Waals surface area contributed by atoms with E-state index >= 15 is 0 Å². The Morgan fingerprint density at radius 1 is 1.29 bits per heavy atom. The molecule has 92 valence electrons. The van der Waals surface area contributed by atoms with Crippen molar-refractivity contribution in [3.63, 3.8) is 0 Å². The average Bonchev–Trinajstić information content (AvgIpc) is 3.03. The van der Waals surface area contributed by atoms with Gasteiger partial charge in [0.2, 0.25) is 0 Å². The first kappa shape index (κ1) is 11.4. The second kappa shape index (κ2) is 4.50. The van der Waals surface area contributed by atoms with Crippen molar-refractivity contribution < 1.29 is 4.74 Å². The minimum Gasteiger partial charge on any atom is -0.399 e. The number of nitrogens with two attached hydrogens (primary N) is 1. The van der Waals surface area contributed by atoms with E-state index in [9.17, 15) is 0 Å². The molecule has 2 unspecified atom stereocenters. The van der Waals surface area contributed by atoms with Gasteiger partial charge in [0.05, 0.1) is 12.1 Å². The lowest BCUT2D eigenvalue weighted by atomic mass is 10.1. The maximum absolute atomic E-state index is 5.82. The fourth-order valence-electron chi connectivity index (χ4n) is 2.50. The molecule has 1 aliphatic carbocycles. The first-order chi connectivity index (χ1) is 8.24. The minimum atomic E-state index is 0.402. The van der Waals surface area contributed by atoms with E-state index in [-0.39, 0.29) is 0 Å². The summed E-state index contributed by atoms with van der Waals surface area (Å²) in [4.78, 5) is 0. The van der Waals surface area contributed by atoms with E-state index in [1.54, 1.807) is 0 Å². The van der Waals surface area contributed by atoms with E-state index < -0.39 is 0 Å². The van der Waals surface area contributed by atoms with Crippen LogP contribution in [0.3, 0.4) is 0 Å². The van der Waals surface area contributed by atoms with Crippen LogP contribution in [0.2, 0.25) is 0 Å². The molecular formula is C13H17BrN2O. The van der Waals surface area contributed by atoms with Crippen LogP contribution in [-0.2, 0) is 4.74 Å². The molecule has 2 atom stereocenters. The van der Waals surface area contributed by atoms with Crippen LogP contribution in [0.15, 0.2) is 22.7 Å². The normalized spacial score (nSPS) is 28.3. The third-order valence-corrected chi connectivity index (χ3v) is 4.21. The van der Waals surface area contributed by atoms with Crippen LogP contribution < -0.4 is 11.1 Å². The summed E-state index contributed by atoms with van der Waals surface area (Å²) in [6.07, 6.45) is 4.15. The van der Waals surface area contributed by atoms with Crippen molar-refractivity contribution in [1.82, 2.24) is 0 Å². The molecule has 2 aliphatic rings. The second-order valence-electron chi connectivity index (χ2n) is 4.95. The van der Waals surface area contributed by atoms with Gasteiger partial charge in [0, 0.05) is 22.5 Å². The number of ether oxygens (including phenoxy) is 1. The van der Waals surface area contributed by atoms with Crippen LogP contribution in [0.25, 0.3) is 0 Å². The maximum atomic E-state index is 5.82. The number of nitrogen functional groups attached to an aromatic ring is 1. The summed E-state index contributed by atoms with van der Waals surface area (Å²) in [5, 5.41) is 3.58. The Bertz CT molecular complexity index is 420. The van der Waals surface area contributed by atoms with Crippen molar-refractivity contribution in [1.29, 1.82) is 0 Å². The Kier molecular flexibility index (Phi) is 3.01. The predicted octanol–water partition coefficient (Wildman–Crippen LogP) is 3.01. The molecule has 0 spiro atoms. The summed E-state index contributed by atoms with van der Waals surface area (Å²) in [5.74, 6) is 0.780. The Balaban J connectivity index is 1.72. The van der Waals surface area contributed by atoms with Crippen molar-refractivity contribution in [2.24, 2.45) is 5.92 Å². The topological polar surface area (TPSA) is 47.3 Å². The Morgan fingerprint density at radius 2 is 2.12 bits per heavy atom. The zero-order valence-corrected chi connectivity index (χ0v) is 11.2. The van der Waals surface area contributed by atoms with Crippen molar-refractivity contribution >= 4 is 27.3 Å². The van der Waals surface area contributed by atoms with Crippen LogP contribution in [0.1, 0.15) is 19.3 Å². The highest BCUT2D eigenvalue weighted by molar-refractivity contribution is 9.10. The van der Waals surface area contributed by atoms with Gasteiger partial charge in [0.15, 0.2) is 0 Å². The quantitative estimate of drug-likeness (QED) is 0.843. The summed E-state index contributed by atoms with van der Waals surface area (Å²) < 4.78 is 6.85. The zero-order chi connectivity index (χ0) is 11.8. The average molecular weight is 297 g/mol. The number of anilines is 2. The molecule has 17 heavy (non-hydrogen) atoms. The number of benzene rings is 1. The van der Waals surface area contributed by atoms with E-state index in [0.29, 0.717) is 12.1 Å². The number of hydrogen-bond acceptors (Lipinski definition) is 3. The van der Waals surface area contributed by atoms with Gasteiger partial charge < -0.3 is 15.8 Å². The molecule has 1 aromatic carbocycles. The molecule has 1 saturated heterocycles. The van der Waals surface area contributed by atoms with Gasteiger partial charge in [-0.15, -0.1) is 0 Å². The predicted molar refractivity (Wildman–Crippen MR) is 73.0 cm³/mol. The molecule has 3 rings (SSSR count). The molecule has 3 nitrogen and oxygen atoms in total. The molecule has 0 aromatic heterocycles. The van der Waals surface area contributed by atoms with Gasteiger partial charge in [-0.25, -0.2) is 0 Å². The Labute approximate surface area is 110 Å². The van der Waals surface area contributed by atoms with Crippen LogP contribution >= 0.6 is 15.9 Å². The monoisotopic (exact) mass is 296 g/mol. The number of rotatable bonds is 3. The van der Waals surface area contributed by atoms with E-state index in [2.05, 4.69) is 21.2 Å². The maximum Gasteiger partial charge on any atom is 0.0804 e. The van der Waals surface area contributed by atoms with Gasteiger partial charge in [-0.2, -0.15) is 0 Å². The molecule has 2 fully saturated rings. The first-order valence-electron chi connectivity index (χ1n) is 6.17. The fourth-order valence-corrected chi connectivity index (χ4v) is 3.01. The summed E-state index contributed by atoms with van der Waals surface area (Å²) in [6, 6.07) is 6.34. The van der Waals surface area contributed by atoms with E-state index in [0.717, 1.165) is 34.8 Å². The second-order valence-corrected chi connectivity index (χ2v) is 5.81. The Hall–Kier alpha value is -0.740. The molecule has 0 radical (unpaired) electrons. The summed E-state index contributed by atoms with van der Waals surface area (Å²) >= 11 is 3.54. The molecule has 1 aromatic rings. The smallest absolute Gasteiger partial charge is 0.0804 e. The van der Waals surface area contributed by atoms with E-state index in [4.69, 9.17) is 10.5 Å². The van der Waals surface area contributed by atoms with Crippen molar-refractivity contribution in [2.75, 3.05) is 17.7 Å². The molecular weight excluding hydrogens is 280 g/mol. The van der Waals surface area contributed by atoms with E-state index in [1.165, 1.54) is 12.8 Å². The molecule has 1 aliphatic heterocycles. The highest BCUT2D eigenvalue weighted by atomic mass is 79.9. The highest BCUT2D eigenvalue weighted by Crippen LogP contribution is 2.40. The molecule has 1 saturated carbocycles. The van der Waals surface area contributed by atoms with Crippen LogP contribution in [0.5, 0.6) is 0 Å². The number of nitrogens with one attached hydrogen (secondary N) is 1. The van der Waals surface area contributed by atoms with Crippen LogP contribution in [0, 0.1) is 5.92 Å². The molecule has 4 heteroatoms. The molecule has 0 amide bonds. The minimum absolute atomic E-state index is 0.402. The van der Waals surface area contributed by atoms with Crippen molar-refractivity contribution in [2.45, 2.75) is 31.4 Å². The number of halogens is 1. The van der Waals surface area contributed by atoms with Gasteiger partial charge in [0.1, 0.15) is 0 Å². The largest absolute Gasteiger partial charge is 0.399 e. The standard InChI is InChI=1S/C13H17BrN2O/c14-10-7-9(15)3-4-11(10)16-12-5-6-17-13(12)8-1-2-8/h3-4,7-8,12-13,16H,1-2,5-6,15H2. The summed E-state index contributed by atoms with van der Waals surface area (Å²) in [5.41, 5.74) is 7.63. The summed E-state index contributed by atoms with van der Waals surface area (Å²) in [7, 11) is 0. The van der Waals surface area contributed by atoms with E-state index in [1.807, 2.05) is 18.2 Å². The third-order valence-electron chi connectivity index (χ3n) is 3.56. The van der Waals surface area contributed by atoms with Gasteiger partial charge in [-0.05, 0) is 59.3 Å². The highest BCUT2D eigenvalue weighted by Gasteiger charge is 2.40. The SMILES string of the molecule is Nc1ccc(NC2CCOC2C2CC2)c(Br)c1. The lowest BCUT2D eigenvalue weighted by Gasteiger charge is -2.21.